The highest BCUT2D eigenvalue weighted by atomic mass is 32.1. The molecule has 2 aromatic rings. The second-order valence-corrected chi connectivity index (χ2v) is 6.18. The zero-order valence-electron chi connectivity index (χ0n) is 11.6. The molecule has 0 bridgehead atoms. The first-order valence-corrected chi connectivity index (χ1v) is 7.47. The van der Waals surface area contributed by atoms with Gasteiger partial charge in [-0.25, -0.2) is 4.39 Å². The molecule has 19 heavy (non-hydrogen) atoms. The molecule has 0 spiro atoms. The molecule has 1 heterocycles. The summed E-state index contributed by atoms with van der Waals surface area (Å²) in [5, 5.41) is 5.71. The topological polar surface area (TPSA) is 12.0 Å². The van der Waals surface area contributed by atoms with Crippen LogP contribution in [0.25, 0.3) is 0 Å². The highest BCUT2D eigenvalue weighted by molar-refractivity contribution is 7.10. The van der Waals surface area contributed by atoms with Gasteiger partial charge < -0.3 is 5.32 Å². The summed E-state index contributed by atoms with van der Waals surface area (Å²) in [6.45, 7) is 7.37. The van der Waals surface area contributed by atoms with Gasteiger partial charge in [-0.05, 0) is 47.5 Å². The molecule has 1 aromatic carbocycles. The Balaban J connectivity index is 2.08. The second kappa shape index (κ2) is 6.31. The van der Waals surface area contributed by atoms with Crippen LogP contribution in [0.2, 0.25) is 0 Å². The minimum absolute atomic E-state index is 0.180. The Labute approximate surface area is 118 Å². The fraction of sp³-hybridized carbons (Fsp3) is 0.375. The van der Waals surface area contributed by atoms with Crippen molar-refractivity contribution in [1.29, 1.82) is 0 Å². The van der Waals surface area contributed by atoms with Crippen LogP contribution in [0.5, 0.6) is 0 Å². The Morgan fingerprint density at radius 2 is 1.84 bits per heavy atom. The summed E-state index contributed by atoms with van der Waals surface area (Å²) in [6.07, 6.45) is 0. The molecule has 0 amide bonds. The first-order chi connectivity index (χ1) is 9.08. The lowest BCUT2D eigenvalue weighted by molar-refractivity contribution is 0.411. The highest BCUT2D eigenvalue weighted by Crippen LogP contribution is 2.24. The molecular formula is C16H20FNS. The van der Waals surface area contributed by atoms with Crippen molar-refractivity contribution in [3.8, 4) is 0 Å². The van der Waals surface area contributed by atoms with E-state index >= 15 is 0 Å². The summed E-state index contributed by atoms with van der Waals surface area (Å²) in [6, 6.07) is 9.19. The van der Waals surface area contributed by atoms with Crippen LogP contribution in [-0.4, -0.2) is 0 Å². The lowest BCUT2D eigenvalue weighted by Gasteiger charge is -2.23. The van der Waals surface area contributed by atoms with Crippen LogP contribution < -0.4 is 5.32 Å². The number of benzene rings is 1. The molecular weight excluding hydrogens is 257 g/mol. The summed E-state index contributed by atoms with van der Waals surface area (Å²) in [7, 11) is 0. The van der Waals surface area contributed by atoms with E-state index in [4.69, 9.17) is 0 Å². The minimum Gasteiger partial charge on any atom is -0.305 e. The van der Waals surface area contributed by atoms with E-state index in [-0.39, 0.29) is 11.9 Å². The smallest absolute Gasteiger partial charge is 0.123 e. The first kappa shape index (κ1) is 14.2. The van der Waals surface area contributed by atoms with Crippen LogP contribution in [0.4, 0.5) is 4.39 Å². The maximum Gasteiger partial charge on any atom is 0.123 e. The van der Waals surface area contributed by atoms with E-state index in [9.17, 15) is 4.39 Å². The summed E-state index contributed by atoms with van der Waals surface area (Å²) < 4.78 is 13.0. The molecule has 1 unspecified atom stereocenters. The van der Waals surface area contributed by atoms with Crippen LogP contribution in [0.15, 0.2) is 35.7 Å². The van der Waals surface area contributed by atoms with E-state index in [0.717, 1.165) is 12.1 Å². The van der Waals surface area contributed by atoms with Gasteiger partial charge in [-0.15, -0.1) is 11.3 Å². The monoisotopic (exact) mass is 277 g/mol. The molecule has 0 saturated heterocycles. The Morgan fingerprint density at radius 3 is 2.37 bits per heavy atom. The van der Waals surface area contributed by atoms with Gasteiger partial charge in [0.05, 0.1) is 0 Å². The normalized spacial score (nSPS) is 12.9. The fourth-order valence-electron chi connectivity index (χ4n) is 2.20. The largest absolute Gasteiger partial charge is 0.305 e. The first-order valence-electron chi connectivity index (χ1n) is 6.59. The number of thiophene rings is 1. The van der Waals surface area contributed by atoms with Crippen molar-refractivity contribution < 1.29 is 4.39 Å². The van der Waals surface area contributed by atoms with Gasteiger partial charge >= 0.3 is 0 Å². The molecule has 2 rings (SSSR count). The van der Waals surface area contributed by atoms with Crippen LogP contribution in [0.1, 0.15) is 35.9 Å². The number of hydrogen-bond acceptors (Lipinski definition) is 2. The molecule has 0 saturated carbocycles. The van der Waals surface area contributed by atoms with Crippen molar-refractivity contribution in [2.75, 3.05) is 0 Å². The van der Waals surface area contributed by atoms with Gasteiger partial charge in [-0.2, -0.15) is 0 Å². The number of aryl methyl sites for hydroxylation is 1. The van der Waals surface area contributed by atoms with E-state index in [1.165, 1.54) is 22.6 Å². The van der Waals surface area contributed by atoms with Gasteiger partial charge in [0.15, 0.2) is 0 Å². The zero-order valence-corrected chi connectivity index (χ0v) is 12.4. The quantitative estimate of drug-likeness (QED) is 0.836. The van der Waals surface area contributed by atoms with Crippen molar-refractivity contribution in [3.63, 3.8) is 0 Å². The number of nitrogens with one attached hydrogen (secondary N) is 1. The molecule has 0 aliphatic heterocycles. The Kier molecular flexibility index (Phi) is 4.72. The van der Waals surface area contributed by atoms with Crippen molar-refractivity contribution in [2.24, 2.45) is 5.92 Å². The van der Waals surface area contributed by atoms with Crippen molar-refractivity contribution in [1.82, 2.24) is 5.32 Å². The molecule has 0 radical (unpaired) electrons. The zero-order chi connectivity index (χ0) is 13.8. The number of halogens is 1. The number of hydrogen-bond donors (Lipinski definition) is 1. The predicted octanol–water partition coefficient (Wildman–Crippen LogP) is 4.68. The summed E-state index contributed by atoms with van der Waals surface area (Å²) in [5.41, 5.74) is 2.48. The van der Waals surface area contributed by atoms with Crippen LogP contribution in [0, 0.1) is 18.7 Å². The van der Waals surface area contributed by atoms with Gasteiger partial charge in [-0.1, -0.05) is 26.0 Å². The molecule has 1 atom stereocenters. The molecule has 0 aliphatic rings. The maximum absolute atomic E-state index is 13.0. The van der Waals surface area contributed by atoms with E-state index in [2.05, 4.69) is 37.5 Å². The standard InChI is InChI=1S/C16H20FNS/c1-11(2)16(13-4-6-14(17)7-5-13)18-10-15-12(3)8-9-19-15/h4-9,11,16,18H,10H2,1-3H3. The summed E-state index contributed by atoms with van der Waals surface area (Å²) >= 11 is 1.78. The third-order valence-corrected chi connectivity index (χ3v) is 4.37. The summed E-state index contributed by atoms with van der Waals surface area (Å²) in [4.78, 5) is 1.37. The fourth-order valence-corrected chi connectivity index (χ4v) is 3.05. The molecule has 102 valence electrons. The molecule has 0 aliphatic carbocycles. The van der Waals surface area contributed by atoms with E-state index in [0.29, 0.717) is 5.92 Å². The summed E-state index contributed by atoms with van der Waals surface area (Å²) in [5.74, 6) is 0.283. The molecule has 0 fully saturated rings. The third-order valence-electron chi connectivity index (χ3n) is 3.35. The van der Waals surface area contributed by atoms with Gasteiger partial charge in [0, 0.05) is 17.5 Å². The van der Waals surface area contributed by atoms with Crippen LogP contribution in [-0.2, 0) is 6.54 Å². The third kappa shape index (κ3) is 3.64. The van der Waals surface area contributed by atoms with Crippen molar-refractivity contribution in [2.45, 2.75) is 33.4 Å². The Morgan fingerprint density at radius 1 is 1.16 bits per heavy atom. The lowest BCUT2D eigenvalue weighted by Crippen LogP contribution is -2.25. The SMILES string of the molecule is Cc1ccsc1CNC(c1ccc(F)cc1)C(C)C. The number of rotatable bonds is 5. The van der Waals surface area contributed by atoms with Gasteiger partial charge in [0.2, 0.25) is 0 Å². The molecule has 1 N–H and O–H groups in total. The average Bonchev–Trinajstić information content (AvgIpc) is 2.77. The van der Waals surface area contributed by atoms with Gasteiger partial charge in [-0.3, -0.25) is 0 Å². The van der Waals surface area contributed by atoms with Crippen LogP contribution >= 0.6 is 11.3 Å². The van der Waals surface area contributed by atoms with Gasteiger partial charge in [0.25, 0.3) is 0 Å². The maximum atomic E-state index is 13.0. The van der Waals surface area contributed by atoms with E-state index in [1.807, 2.05) is 12.1 Å². The molecule has 1 aromatic heterocycles. The minimum atomic E-state index is -0.180. The second-order valence-electron chi connectivity index (χ2n) is 5.18. The van der Waals surface area contributed by atoms with Crippen LogP contribution in [0.3, 0.4) is 0 Å². The Bertz CT molecular complexity index is 516. The van der Waals surface area contributed by atoms with Gasteiger partial charge in [0.1, 0.15) is 5.82 Å². The molecule has 1 nitrogen and oxygen atoms in total. The van der Waals surface area contributed by atoms with Crippen molar-refractivity contribution >= 4 is 11.3 Å². The van der Waals surface area contributed by atoms with E-state index in [1.54, 1.807) is 11.3 Å². The van der Waals surface area contributed by atoms with E-state index < -0.39 is 0 Å². The Hall–Kier alpha value is -1.19. The molecule has 3 heteroatoms. The van der Waals surface area contributed by atoms with Crippen molar-refractivity contribution in [3.05, 3.63) is 57.5 Å². The lowest BCUT2D eigenvalue weighted by atomic mass is 9.96. The average molecular weight is 277 g/mol. The predicted molar refractivity (Wildman–Crippen MR) is 79.9 cm³/mol. The highest BCUT2D eigenvalue weighted by Gasteiger charge is 2.15.